The number of hydrogen-bond acceptors (Lipinski definition) is 7. The molecular formula is C21H23N3O6S. The van der Waals surface area contributed by atoms with Gasteiger partial charge in [0.2, 0.25) is 5.88 Å². The van der Waals surface area contributed by atoms with Crippen molar-refractivity contribution in [1.82, 2.24) is 5.16 Å². The van der Waals surface area contributed by atoms with Gasteiger partial charge >= 0.3 is 0 Å². The standard InChI is InChI=1S/C21H23N3O6S/c1-13-14(2)23-30-21(13)24-31(26,27)19-10-8-16(9-11-19)22-20(25)15(3)29-18-7-5-6-17(12-18)28-4/h5-12,15,24H,1-4H3,(H,22,25). The van der Waals surface area contributed by atoms with Crippen molar-refractivity contribution in [2.24, 2.45) is 0 Å². The van der Waals surface area contributed by atoms with Gasteiger partial charge in [-0.3, -0.25) is 4.79 Å². The van der Waals surface area contributed by atoms with Gasteiger partial charge in [-0.05, 0) is 57.2 Å². The number of hydrogen-bond donors (Lipinski definition) is 2. The summed E-state index contributed by atoms with van der Waals surface area (Å²) in [5, 5.41) is 6.42. The molecule has 3 rings (SSSR count). The van der Waals surface area contributed by atoms with E-state index in [1.165, 1.54) is 24.3 Å². The van der Waals surface area contributed by atoms with Gasteiger partial charge in [-0.15, -0.1) is 0 Å². The number of sulfonamides is 1. The smallest absolute Gasteiger partial charge is 0.265 e. The van der Waals surface area contributed by atoms with Gasteiger partial charge in [0.05, 0.1) is 17.7 Å². The van der Waals surface area contributed by atoms with E-state index in [1.807, 2.05) is 0 Å². The number of anilines is 2. The van der Waals surface area contributed by atoms with Crippen molar-refractivity contribution >= 4 is 27.5 Å². The highest BCUT2D eigenvalue weighted by Gasteiger charge is 2.20. The topological polar surface area (TPSA) is 120 Å². The fourth-order valence-corrected chi connectivity index (χ4v) is 3.63. The molecule has 0 radical (unpaired) electrons. The molecule has 1 amide bonds. The fraction of sp³-hybridized carbons (Fsp3) is 0.238. The second-order valence-electron chi connectivity index (χ2n) is 6.78. The van der Waals surface area contributed by atoms with Crippen LogP contribution in [-0.4, -0.2) is 32.7 Å². The number of carbonyl (C=O) groups is 1. The molecule has 31 heavy (non-hydrogen) atoms. The number of aromatic nitrogens is 1. The summed E-state index contributed by atoms with van der Waals surface area (Å²) < 4.78 is 43.2. The molecule has 0 aliphatic heterocycles. The van der Waals surface area contributed by atoms with Crippen LogP contribution in [0.2, 0.25) is 0 Å². The monoisotopic (exact) mass is 445 g/mol. The molecule has 1 atom stereocenters. The quantitative estimate of drug-likeness (QED) is 0.544. The summed E-state index contributed by atoms with van der Waals surface area (Å²) in [6.45, 7) is 5.03. The van der Waals surface area contributed by atoms with Crippen LogP contribution >= 0.6 is 0 Å². The van der Waals surface area contributed by atoms with E-state index in [9.17, 15) is 13.2 Å². The number of carbonyl (C=O) groups excluding carboxylic acids is 1. The van der Waals surface area contributed by atoms with Crippen molar-refractivity contribution < 1.29 is 27.2 Å². The molecule has 0 fully saturated rings. The van der Waals surface area contributed by atoms with E-state index in [2.05, 4.69) is 15.2 Å². The molecule has 0 spiro atoms. The lowest BCUT2D eigenvalue weighted by atomic mass is 10.3. The van der Waals surface area contributed by atoms with Crippen LogP contribution < -0.4 is 19.5 Å². The number of rotatable bonds is 8. The van der Waals surface area contributed by atoms with Crippen molar-refractivity contribution in [3.63, 3.8) is 0 Å². The molecule has 164 valence electrons. The van der Waals surface area contributed by atoms with Gasteiger partial charge in [-0.1, -0.05) is 11.2 Å². The summed E-state index contributed by atoms with van der Waals surface area (Å²) in [6, 6.07) is 12.7. The van der Waals surface area contributed by atoms with E-state index in [-0.39, 0.29) is 16.7 Å². The average molecular weight is 445 g/mol. The highest BCUT2D eigenvalue weighted by Crippen LogP contribution is 2.23. The van der Waals surface area contributed by atoms with Crippen molar-refractivity contribution in [3.8, 4) is 11.5 Å². The molecule has 1 aromatic heterocycles. The number of amides is 1. The van der Waals surface area contributed by atoms with Crippen LogP contribution in [0, 0.1) is 13.8 Å². The minimum absolute atomic E-state index is 0.0135. The maximum absolute atomic E-state index is 12.5. The van der Waals surface area contributed by atoms with E-state index in [4.69, 9.17) is 14.0 Å². The predicted molar refractivity (Wildman–Crippen MR) is 115 cm³/mol. The third kappa shape index (κ3) is 5.34. The van der Waals surface area contributed by atoms with E-state index < -0.39 is 16.1 Å². The van der Waals surface area contributed by atoms with Crippen LogP contribution in [-0.2, 0) is 14.8 Å². The first kappa shape index (κ1) is 22.2. The van der Waals surface area contributed by atoms with E-state index in [1.54, 1.807) is 52.1 Å². The summed E-state index contributed by atoms with van der Waals surface area (Å²) in [4.78, 5) is 12.4. The summed E-state index contributed by atoms with van der Waals surface area (Å²) in [5.74, 6) is 0.793. The lowest BCUT2D eigenvalue weighted by Gasteiger charge is -2.15. The number of benzene rings is 2. The van der Waals surface area contributed by atoms with Crippen molar-refractivity contribution in [3.05, 3.63) is 59.8 Å². The van der Waals surface area contributed by atoms with Gasteiger partial charge in [0.25, 0.3) is 15.9 Å². The lowest BCUT2D eigenvalue weighted by Crippen LogP contribution is -2.30. The molecule has 2 aromatic carbocycles. The second kappa shape index (κ2) is 9.09. The van der Waals surface area contributed by atoms with Gasteiger partial charge < -0.3 is 19.3 Å². The number of aryl methyl sites for hydroxylation is 1. The maximum Gasteiger partial charge on any atom is 0.265 e. The Kier molecular flexibility index (Phi) is 6.50. The highest BCUT2D eigenvalue weighted by molar-refractivity contribution is 7.92. The molecular weight excluding hydrogens is 422 g/mol. The Hall–Kier alpha value is -3.53. The van der Waals surface area contributed by atoms with Crippen molar-refractivity contribution in [2.75, 3.05) is 17.1 Å². The summed E-state index contributed by atoms with van der Waals surface area (Å²) in [6.07, 6.45) is -0.783. The fourth-order valence-electron chi connectivity index (χ4n) is 2.58. The first-order chi connectivity index (χ1) is 14.7. The van der Waals surface area contributed by atoms with Crippen LogP contribution in [0.4, 0.5) is 11.6 Å². The molecule has 3 aromatic rings. The minimum atomic E-state index is -3.86. The predicted octanol–water partition coefficient (Wildman–Crippen LogP) is 3.51. The molecule has 2 N–H and O–H groups in total. The molecule has 0 saturated carbocycles. The third-order valence-electron chi connectivity index (χ3n) is 4.54. The Bertz CT molecular complexity index is 1170. The highest BCUT2D eigenvalue weighted by atomic mass is 32.2. The lowest BCUT2D eigenvalue weighted by molar-refractivity contribution is -0.122. The normalized spacial score (nSPS) is 12.1. The molecule has 0 aliphatic carbocycles. The average Bonchev–Trinajstić information content (AvgIpc) is 3.05. The Balaban J connectivity index is 1.64. The van der Waals surface area contributed by atoms with Crippen molar-refractivity contribution in [2.45, 2.75) is 31.8 Å². The van der Waals surface area contributed by atoms with Gasteiger partial charge in [-0.25, -0.2) is 13.1 Å². The minimum Gasteiger partial charge on any atom is -0.497 e. The Morgan fingerprint density at radius 3 is 2.39 bits per heavy atom. The number of ether oxygens (including phenoxy) is 2. The van der Waals surface area contributed by atoms with Gasteiger partial charge in [0.1, 0.15) is 11.5 Å². The largest absolute Gasteiger partial charge is 0.497 e. The van der Waals surface area contributed by atoms with Crippen LogP contribution in [0.5, 0.6) is 11.5 Å². The molecule has 0 saturated heterocycles. The number of nitrogens with zero attached hydrogens (tertiary/aromatic N) is 1. The summed E-state index contributed by atoms with van der Waals surface area (Å²) in [7, 11) is -2.32. The molecule has 1 heterocycles. The third-order valence-corrected chi connectivity index (χ3v) is 5.89. The first-order valence-electron chi connectivity index (χ1n) is 9.37. The number of methoxy groups -OCH3 is 1. The van der Waals surface area contributed by atoms with E-state index in [0.29, 0.717) is 28.4 Å². The SMILES string of the molecule is COc1cccc(OC(C)C(=O)Nc2ccc(S(=O)(=O)Nc3onc(C)c3C)cc2)c1. The zero-order valence-corrected chi connectivity index (χ0v) is 18.3. The van der Waals surface area contributed by atoms with Gasteiger partial charge in [0.15, 0.2) is 6.10 Å². The molecule has 0 bridgehead atoms. The molecule has 1 unspecified atom stereocenters. The summed E-state index contributed by atoms with van der Waals surface area (Å²) in [5.41, 5.74) is 1.63. The first-order valence-corrected chi connectivity index (χ1v) is 10.9. The molecule has 0 aliphatic rings. The Labute approximate surface area is 180 Å². The van der Waals surface area contributed by atoms with Crippen molar-refractivity contribution in [1.29, 1.82) is 0 Å². The van der Waals surface area contributed by atoms with Crippen LogP contribution in [0.3, 0.4) is 0 Å². The maximum atomic E-state index is 12.5. The Morgan fingerprint density at radius 2 is 1.77 bits per heavy atom. The van der Waals surface area contributed by atoms with Crippen LogP contribution in [0.15, 0.2) is 57.9 Å². The zero-order valence-electron chi connectivity index (χ0n) is 17.5. The molecule has 9 nitrogen and oxygen atoms in total. The second-order valence-corrected chi connectivity index (χ2v) is 8.46. The van der Waals surface area contributed by atoms with E-state index in [0.717, 1.165) is 0 Å². The Morgan fingerprint density at radius 1 is 1.10 bits per heavy atom. The zero-order chi connectivity index (χ0) is 22.6. The van der Waals surface area contributed by atoms with Crippen LogP contribution in [0.1, 0.15) is 18.2 Å². The van der Waals surface area contributed by atoms with E-state index >= 15 is 0 Å². The van der Waals surface area contributed by atoms with Gasteiger partial charge in [0, 0.05) is 17.3 Å². The summed E-state index contributed by atoms with van der Waals surface area (Å²) >= 11 is 0. The van der Waals surface area contributed by atoms with Gasteiger partial charge in [-0.2, -0.15) is 0 Å². The molecule has 10 heteroatoms. The number of nitrogens with one attached hydrogen (secondary N) is 2. The van der Waals surface area contributed by atoms with Crippen LogP contribution in [0.25, 0.3) is 0 Å².